The smallest absolute Gasteiger partial charge is 0.315 e. The standard InChI is InChI=1S/C33H25NO4/c1-33-29-25-13-7-5-11-23(25)28(24-12-6-8-14-26(24)29)30(33)31(36)34(32(33)37)21-15-17-22(18-16-21)38-27(35)19-20-9-3-2-4-10-20/h2-18,28-30H,19H2,1H3/t28?,29?,30-,33+/m1/s1. The fraction of sp³-hybridized carbons (Fsp3) is 0.182. The van der Waals surface area contributed by atoms with Crippen molar-refractivity contribution in [1.29, 1.82) is 0 Å². The molecule has 3 aliphatic carbocycles. The Balaban J connectivity index is 1.21. The Morgan fingerprint density at radius 3 is 1.92 bits per heavy atom. The third-order valence-corrected chi connectivity index (χ3v) is 8.53. The molecule has 1 heterocycles. The maximum Gasteiger partial charge on any atom is 0.315 e. The molecule has 2 atom stereocenters. The van der Waals surface area contributed by atoms with Crippen LogP contribution in [0.25, 0.3) is 0 Å². The number of anilines is 1. The van der Waals surface area contributed by atoms with Gasteiger partial charge in [0.25, 0.3) is 0 Å². The van der Waals surface area contributed by atoms with Gasteiger partial charge in [-0.05, 0) is 59.0 Å². The lowest BCUT2D eigenvalue weighted by Gasteiger charge is -2.51. The molecule has 186 valence electrons. The molecular weight excluding hydrogens is 474 g/mol. The van der Waals surface area contributed by atoms with Gasteiger partial charge in [-0.2, -0.15) is 0 Å². The van der Waals surface area contributed by atoms with Crippen molar-refractivity contribution in [2.45, 2.75) is 25.2 Å². The van der Waals surface area contributed by atoms with E-state index in [2.05, 4.69) is 24.3 Å². The highest BCUT2D eigenvalue weighted by Crippen LogP contribution is 2.67. The third-order valence-electron chi connectivity index (χ3n) is 8.53. The highest BCUT2D eigenvalue weighted by molar-refractivity contribution is 6.25. The fourth-order valence-electron chi connectivity index (χ4n) is 6.95. The first-order valence-electron chi connectivity index (χ1n) is 12.9. The lowest BCUT2D eigenvalue weighted by atomic mass is 9.48. The van der Waals surface area contributed by atoms with Crippen LogP contribution in [-0.2, 0) is 20.8 Å². The van der Waals surface area contributed by atoms with Crippen molar-refractivity contribution in [2.24, 2.45) is 11.3 Å². The van der Waals surface area contributed by atoms with Crippen molar-refractivity contribution >= 4 is 23.5 Å². The highest BCUT2D eigenvalue weighted by Gasteiger charge is 2.68. The summed E-state index contributed by atoms with van der Waals surface area (Å²) in [7, 11) is 0. The van der Waals surface area contributed by atoms with E-state index in [1.54, 1.807) is 24.3 Å². The molecule has 5 heteroatoms. The quantitative estimate of drug-likeness (QED) is 0.208. The minimum Gasteiger partial charge on any atom is -0.426 e. The number of nitrogens with zero attached hydrogens (tertiary/aromatic N) is 1. The van der Waals surface area contributed by atoms with Crippen LogP contribution >= 0.6 is 0 Å². The van der Waals surface area contributed by atoms with Crippen LogP contribution in [0.15, 0.2) is 103 Å². The van der Waals surface area contributed by atoms with Gasteiger partial charge in [0.1, 0.15) is 5.75 Å². The number of carbonyl (C=O) groups excluding carboxylic acids is 3. The molecule has 1 fully saturated rings. The van der Waals surface area contributed by atoms with Gasteiger partial charge in [0.2, 0.25) is 11.8 Å². The molecule has 2 amide bonds. The topological polar surface area (TPSA) is 63.7 Å². The SMILES string of the molecule is C[C@@]12C(=O)N(c3ccc(OC(=O)Cc4ccccc4)cc3)C(=O)[C@H]1C1c3ccccc3C2c2ccccc21. The molecule has 4 aromatic rings. The molecule has 0 unspecified atom stereocenters. The molecule has 0 spiro atoms. The van der Waals surface area contributed by atoms with E-state index >= 15 is 0 Å². The van der Waals surface area contributed by atoms with Gasteiger partial charge in [0.05, 0.1) is 23.4 Å². The van der Waals surface area contributed by atoms with Crippen molar-refractivity contribution in [3.8, 4) is 5.75 Å². The first kappa shape index (κ1) is 22.7. The Kier molecular flexibility index (Phi) is 4.92. The number of benzene rings is 4. The zero-order valence-electron chi connectivity index (χ0n) is 20.8. The molecular formula is C33H25NO4. The average molecular weight is 500 g/mol. The lowest BCUT2D eigenvalue weighted by Crippen LogP contribution is -2.49. The van der Waals surface area contributed by atoms with Crippen LogP contribution in [0.4, 0.5) is 5.69 Å². The summed E-state index contributed by atoms with van der Waals surface area (Å²) in [5, 5.41) is 0. The van der Waals surface area contributed by atoms with E-state index in [9.17, 15) is 14.4 Å². The van der Waals surface area contributed by atoms with E-state index in [-0.39, 0.29) is 36.0 Å². The molecule has 38 heavy (non-hydrogen) atoms. The Labute approximate surface area is 220 Å². The zero-order valence-corrected chi connectivity index (χ0v) is 20.8. The van der Waals surface area contributed by atoms with Crippen LogP contribution in [0, 0.1) is 11.3 Å². The number of amides is 2. The van der Waals surface area contributed by atoms with Gasteiger partial charge in [-0.15, -0.1) is 0 Å². The minimum atomic E-state index is -0.884. The average Bonchev–Trinajstić information content (AvgIpc) is 3.15. The van der Waals surface area contributed by atoms with Crippen LogP contribution in [0.1, 0.15) is 46.6 Å². The number of esters is 1. The summed E-state index contributed by atoms with van der Waals surface area (Å²) in [6.45, 7) is 1.96. The number of hydrogen-bond acceptors (Lipinski definition) is 4. The number of hydrogen-bond donors (Lipinski definition) is 0. The van der Waals surface area contributed by atoms with Crippen molar-refractivity contribution in [3.05, 3.63) is 131 Å². The normalized spacial score (nSPS) is 24.6. The van der Waals surface area contributed by atoms with Gasteiger partial charge < -0.3 is 4.74 Å². The van der Waals surface area contributed by atoms with Crippen molar-refractivity contribution in [2.75, 3.05) is 4.90 Å². The summed E-state index contributed by atoms with van der Waals surface area (Å²) in [5.74, 6) is -1.19. The van der Waals surface area contributed by atoms with E-state index < -0.39 is 11.3 Å². The first-order valence-corrected chi connectivity index (χ1v) is 12.9. The van der Waals surface area contributed by atoms with E-state index in [1.807, 2.05) is 61.5 Å². The van der Waals surface area contributed by atoms with Gasteiger partial charge in [-0.3, -0.25) is 14.4 Å². The minimum absolute atomic E-state index is 0.162. The second-order valence-corrected chi connectivity index (χ2v) is 10.5. The first-order chi connectivity index (χ1) is 18.5. The van der Waals surface area contributed by atoms with Crippen molar-refractivity contribution in [1.82, 2.24) is 0 Å². The molecule has 2 bridgehead atoms. The fourth-order valence-corrected chi connectivity index (χ4v) is 6.95. The summed E-state index contributed by atoms with van der Waals surface area (Å²) in [5.41, 5.74) is 5.04. The van der Waals surface area contributed by atoms with Gasteiger partial charge in [-0.25, -0.2) is 4.90 Å². The Bertz CT molecular complexity index is 1560. The summed E-state index contributed by atoms with van der Waals surface area (Å²) < 4.78 is 5.51. The number of imide groups is 1. The molecule has 0 aromatic heterocycles. The molecule has 5 nitrogen and oxygen atoms in total. The van der Waals surface area contributed by atoms with Crippen LogP contribution in [0.3, 0.4) is 0 Å². The zero-order chi connectivity index (χ0) is 26.0. The molecule has 1 aliphatic heterocycles. The summed E-state index contributed by atoms with van der Waals surface area (Å²) >= 11 is 0. The number of rotatable bonds is 4. The molecule has 0 radical (unpaired) electrons. The summed E-state index contributed by atoms with van der Waals surface area (Å²) in [4.78, 5) is 42.0. The Morgan fingerprint density at radius 1 is 0.763 bits per heavy atom. The van der Waals surface area contributed by atoms with Crippen LogP contribution < -0.4 is 9.64 Å². The van der Waals surface area contributed by atoms with Crippen LogP contribution in [-0.4, -0.2) is 17.8 Å². The van der Waals surface area contributed by atoms with Gasteiger partial charge in [0.15, 0.2) is 0 Å². The Hall–Kier alpha value is -4.51. The highest BCUT2D eigenvalue weighted by atomic mass is 16.5. The number of ether oxygens (including phenoxy) is 1. The summed E-state index contributed by atoms with van der Waals surface area (Å²) in [6.07, 6.45) is 0.162. The van der Waals surface area contributed by atoms with Crippen molar-refractivity contribution < 1.29 is 19.1 Å². The predicted octanol–water partition coefficient (Wildman–Crippen LogP) is 5.62. The van der Waals surface area contributed by atoms with Gasteiger partial charge in [0, 0.05) is 11.8 Å². The van der Waals surface area contributed by atoms with E-state index in [0.717, 1.165) is 27.8 Å². The third kappa shape index (κ3) is 3.08. The second kappa shape index (κ2) is 8.25. The maximum absolute atomic E-state index is 14.2. The lowest BCUT2D eigenvalue weighted by molar-refractivity contribution is -0.133. The van der Waals surface area contributed by atoms with E-state index in [4.69, 9.17) is 4.74 Å². The molecule has 4 aromatic carbocycles. The molecule has 1 saturated heterocycles. The van der Waals surface area contributed by atoms with E-state index in [1.165, 1.54) is 4.90 Å². The maximum atomic E-state index is 14.2. The largest absolute Gasteiger partial charge is 0.426 e. The molecule has 0 saturated carbocycles. The van der Waals surface area contributed by atoms with Crippen molar-refractivity contribution in [3.63, 3.8) is 0 Å². The monoisotopic (exact) mass is 499 g/mol. The molecule has 8 rings (SSSR count). The van der Waals surface area contributed by atoms with E-state index in [0.29, 0.717) is 11.4 Å². The Morgan fingerprint density at radius 2 is 1.32 bits per heavy atom. The van der Waals surface area contributed by atoms with Crippen LogP contribution in [0.5, 0.6) is 5.75 Å². The number of carbonyl (C=O) groups is 3. The summed E-state index contributed by atoms with van der Waals surface area (Å²) in [6, 6.07) is 32.5. The second-order valence-electron chi connectivity index (χ2n) is 10.5. The predicted molar refractivity (Wildman–Crippen MR) is 143 cm³/mol. The van der Waals surface area contributed by atoms with Gasteiger partial charge >= 0.3 is 5.97 Å². The molecule has 4 aliphatic rings. The van der Waals surface area contributed by atoms with Crippen LogP contribution in [0.2, 0.25) is 0 Å². The van der Waals surface area contributed by atoms with Gasteiger partial charge in [-0.1, -0.05) is 78.9 Å². The molecule has 0 N–H and O–H groups in total.